The third-order valence-electron chi connectivity index (χ3n) is 7.96. The predicted octanol–water partition coefficient (Wildman–Crippen LogP) is 4.96. The number of rotatable bonds is 7. The van der Waals surface area contributed by atoms with E-state index in [1.165, 1.54) is 31.9 Å². The average molecular weight is 637 g/mol. The molecule has 0 radical (unpaired) electrons. The number of nitrogens with one attached hydrogen (secondary N) is 1. The fourth-order valence-corrected chi connectivity index (χ4v) is 5.59. The van der Waals surface area contributed by atoms with Gasteiger partial charge >= 0.3 is 6.18 Å². The van der Waals surface area contributed by atoms with Gasteiger partial charge in [0.05, 0.1) is 35.4 Å². The Morgan fingerprint density at radius 3 is 2.52 bits per heavy atom. The quantitative estimate of drug-likeness (QED) is 0.145. The maximum atomic E-state index is 14.4. The lowest BCUT2D eigenvalue weighted by molar-refractivity contribution is -0.605. The van der Waals surface area contributed by atoms with Gasteiger partial charge in [0, 0.05) is 37.3 Å². The summed E-state index contributed by atoms with van der Waals surface area (Å²) in [5.74, 6) is -1.82. The van der Waals surface area contributed by atoms with Gasteiger partial charge in [0.25, 0.3) is 5.91 Å². The number of aromatic nitrogens is 5. The van der Waals surface area contributed by atoms with Crippen LogP contribution in [0.15, 0.2) is 67.3 Å². The van der Waals surface area contributed by atoms with Crippen molar-refractivity contribution in [3.63, 3.8) is 0 Å². The summed E-state index contributed by atoms with van der Waals surface area (Å²) in [7, 11) is 1.38. The Labute approximate surface area is 259 Å². The van der Waals surface area contributed by atoms with E-state index in [-0.39, 0.29) is 29.4 Å². The van der Waals surface area contributed by atoms with Crippen molar-refractivity contribution in [1.29, 1.82) is 0 Å². The van der Waals surface area contributed by atoms with E-state index in [0.29, 0.717) is 28.4 Å². The van der Waals surface area contributed by atoms with E-state index in [0.717, 1.165) is 48.8 Å². The molecule has 4 heterocycles. The number of nitrogens with two attached hydrogens (primary N) is 1. The SMILES string of the molecule is COc1cc(-c2nn(C3CCN(Cc4cc[n+]([O-])cc4)CC3)c3ncnc(N)c23)ccc1NC(=O)c1ccc(C(F)(F)F)cc1F. The Hall–Kier alpha value is -5.31. The highest BCUT2D eigenvalue weighted by Gasteiger charge is 2.32. The highest BCUT2D eigenvalue weighted by Crippen LogP contribution is 2.38. The lowest BCUT2D eigenvalue weighted by Gasteiger charge is -2.32. The number of methoxy groups -OCH3 is 1. The maximum Gasteiger partial charge on any atom is 0.416 e. The number of fused-ring (bicyclic) bond motifs is 1. The molecular weight excluding hydrogens is 608 g/mol. The molecular formula is C31H28F4N8O3. The van der Waals surface area contributed by atoms with Gasteiger partial charge in [-0.05, 0) is 48.7 Å². The van der Waals surface area contributed by atoms with Gasteiger partial charge in [0.2, 0.25) is 0 Å². The minimum absolute atomic E-state index is 0.0282. The number of nitrogens with zero attached hydrogens (tertiary/aromatic N) is 6. The molecule has 3 aromatic heterocycles. The van der Waals surface area contributed by atoms with Gasteiger partial charge in [-0.1, -0.05) is 6.07 Å². The van der Waals surface area contributed by atoms with E-state index in [2.05, 4.69) is 20.2 Å². The second kappa shape index (κ2) is 12.2. The number of nitrogen functional groups attached to an aromatic ring is 1. The summed E-state index contributed by atoms with van der Waals surface area (Å²) in [5, 5.41) is 19.3. The number of hydrogen-bond donors (Lipinski definition) is 2. The molecule has 5 aromatic rings. The molecule has 1 aliphatic heterocycles. The number of pyridine rings is 1. The average Bonchev–Trinajstić information content (AvgIpc) is 3.43. The molecule has 1 saturated heterocycles. The van der Waals surface area contributed by atoms with Gasteiger partial charge < -0.3 is 21.0 Å². The zero-order valence-corrected chi connectivity index (χ0v) is 24.5. The zero-order valence-electron chi connectivity index (χ0n) is 24.5. The summed E-state index contributed by atoms with van der Waals surface area (Å²) in [6.07, 6.45) is 1.19. The molecule has 15 heteroatoms. The van der Waals surface area contributed by atoms with Crippen LogP contribution in [0.3, 0.4) is 0 Å². The minimum Gasteiger partial charge on any atom is -0.619 e. The number of piperidine rings is 1. The normalized spacial score (nSPS) is 14.5. The van der Waals surface area contributed by atoms with Crippen molar-refractivity contribution in [1.82, 2.24) is 24.6 Å². The Morgan fingerprint density at radius 2 is 1.85 bits per heavy atom. The first-order valence-corrected chi connectivity index (χ1v) is 14.3. The van der Waals surface area contributed by atoms with Crippen LogP contribution in [0.2, 0.25) is 0 Å². The monoisotopic (exact) mass is 636 g/mol. The Morgan fingerprint density at radius 1 is 1.11 bits per heavy atom. The van der Waals surface area contributed by atoms with Gasteiger partial charge in [-0.25, -0.2) is 19.0 Å². The lowest BCUT2D eigenvalue weighted by atomic mass is 10.0. The van der Waals surface area contributed by atoms with Crippen LogP contribution in [0.1, 0.15) is 40.4 Å². The minimum atomic E-state index is -4.75. The van der Waals surface area contributed by atoms with E-state index < -0.39 is 29.0 Å². The van der Waals surface area contributed by atoms with Crippen molar-refractivity contribution in [2.24, 2.45) is 0 Å². The summed E-state index contributed by atoms with van der Waals surface area (Å²) in [4.78, 5) is 23.8. The van der Waals surface area contributed by atoms with Crippen molar-refractivity contribution in [3.05, 3.63) is 95.0 Å². The molecule has 0 unspecified atom stereocenters. The summed E-state index contributed by atoms with van der Waals surface area (Å²) >= 11 is 0. The molecule has 0 atom stereocenters. The fourth-order valence-electron chi connectivity index (χ4n) is 5.59. The third kappa shape index (κ3) is 6.13. The van der Waals surface area contributed by atoms with Crippen molar-refractivity contribution in [3.8, 4) is 17.0 Å². The van der Waals surface area contributed by atoms with Crippen LogP contribution < -0.4 is 20.5 Å². The molecule has 1 aliphatic rings. The number of carbonyl (C=O) groups excluding carboxylic acids is 1. The van der Waals surface area contributed by atoms with E-state index >= 15 is 0 Å². The van der Waals surface area contributed by atoms with Crippen LogP contribution in [0.25, 0.3) is 22.3 Å². The number of hydrogen-bond acceptors (Lipinski definition) is 8. The van der Waals surface area contributed by atoms with Gasteiger partial charge in [-0.2, -0.15) is 23.0 Å². The van der Waals surface area contributed by atoms with Crippen molar-refractivity contribution < 1.29 is 31.8 Å². The third-order valence-corrected chi connectivity index (χ3v) is 7.96. The fraction of sp³-hybridized carbons (Fsp3) is 0.258. The van der Waals surface area contributed by atoms with Gasteiger partial charge in [-0.15, -0.1) is 0 Å². The molecule has 1 amide bonds. The van der Waals surface area contributed by atoms with Crippen LogP contribution in [-0.2, 0) is 12.7 Å². The molecule has 11 nitrogen and oxygen atoms in total. The second-order valence-corrected chi connectivity index (χ2v) is 10.9. The van der Waals surface area contributed by atoms with Crippen LogP contribution in [0, 0.1) is 11.0 Å². The first kappa shape index (κ1) is 30.7. The Balaban J connectivity index is 1.24. The van der Waals surface area contributed by atoms with Gasteiger partial charge in [0.15, 0.2) is 18.0 Å². The number of likely N-dealkylation sites (tertiary alicyclic amines) is 1. The molecule has 0 bridgehead atoms. The number of alkyl halides is 3. The molecule has 0 aliphatic carbocycles. The Kier molecular flexibility index (Phi) is 8.17. The van der Waals surface area contributed by atoms with Crippen molar-refractivity contribution >= 4 is 28.4 Å². The molecule has 3 N–H and O–H groups in total. The zero-order chi connectivity index (χ0) is 32.6. The summed E-state index contributed by atoms with van der Waals surface area (Å²) < 4.78 is 61.4. The summed E-state index contributed by atoms with van der Waals surface area (Å²) in [6, 6.07) is 10.1. The van der Waals surface area contributed by atoms with E-state index in [1.807, 2.05) is 16.8 Å². The number of carbonyl (C=O) groups is 1. The number of amides is 1. The van der Waals surface area contributed by atoms with Crippen molar-refractivity contribution in [2.45, 2.75) is 31.6 Å². The predicted molar refractivity (Wildman–Crippen MR) is 160 cm³/mol. The first-order valence-electron chi connectivity index (χ1n) is 14.3. The summed E-state index contributed by atoms with van der Waals surface area (Å²) in [6.45, 7) is 2.33. The number of ether oxygens (including phenoxy) is 1. The standard InChI is InChI=1S/C31H28F4N8O3/c1-46-25-14-19(2-5-24(25)39-30(44)22-4-3-20(15-23(22)32)31(33,34)35)27-26-28(36)37-17-38-29(26)43(40-27)21-8-10-41(11-9-21)16-18-6-12-42(45)13-7-18/h2-7,12-15,17,21H,8-11,16H2,1H3,(H,39,44)(H2,36,37,38). The molecule has 2 aromatic carbocycles. The lowest BCUT2D eigenvalue weighted by Crippen LogP contribution is -2.35. The topological polar surface area (TPSA) is 138 Å². The van der Waals surface area contributed by atoms with Gasteiger partial charge in [-0.3, -0.25) is 9.69 Å². The highest BCUT2D eigenvalue weighted by atomic mass is 19.4. The highest BCUT2D eigenvalue weighted by molar-refractivity contribution is 6.06. The van der Waals surface area contributed by atoms with Crippen LogP contribution in [0.4, 0.5) is 29.1 Å². The Bertz CT molecular complexity index is 1910. The van der Waals surface area contributed by atoms with E-state index in [9.17, 15) is 27.6 Å². The van der Waals surface area contributed by atoms with Gasteiger partial charge in [0.1, 0.15) is 29.4 Å². The van der Waals surface area contributed by atoms with Crippen LogP contribution in [0.5, 0.6) is 5.75 Å². The number of anilines is 2. The number of halogens is 4. The molecule has 1 fully saturated rings. The maximum absolute atomic E-state index is 14.4. The molecule has 0 saturated carbocycles. The largest absolute Gasteiger partial charge is 0.619 e. The second-order valence-electron chi connectivity index (χ2n) is 10.9. The van der Waals surface area contributed by atoms with E-state index in [1.54, 1.807) is 12.1 Å². The molecule has 0 spiro atoms. The molecule has 238 valence electrons. The molecule has 46 heavy (non-hydrogen) atoms. The molecule has 6 rings (SSSR count). The number of benzene rings is 2. The van der Waals surface area contributed by atoms with Crippen molar-refractivity contribution in [2.75, 3.05) is 31.2 Å². The summed E-state index contributed by atoms with van der Waals surface area (Å²) in [5.41, 5.74) is 7.42. The van der Waals surface area contributed by atoms with E-state index in [4.69, 9.17) is 15.6 Å². The smallest absolute Gasteiger partial charge is 0.416 e. The van der Waals surface area contributed by atoms with Crippen LogP contribution in [-0.4, -0.2) is 50.8 Å². The first-order chi connectivity index (χ1) is 22.0. The van der Waals surface area contributed by atoms with Crippen LogP contribution >= 0.6 is 0 Å².